The minimum absolute atomic E-state index is 0.0165. The summed E-state index contributed by atoms with van der Waals surface area (Å²) >= 11 is 1.60. The zero-order chi connectivity index (χ0) is 17.5. The molecule has 1 atom stereocenters. The number of hydrogen-bond acceptors (Lipinski definition) is 5. The molecule has 132 valence electrons. The lowest BCUT2D eigenvalue weighted by molar-refractivity contribution is -0.144. The lowest BCUT2D eigenvalue weighted by atomic mass is 10.2. The van der Waals surface area contributed by atoms with Crippen molar-refractivity contribution in [2.75, 3.05) is 38.4 Å². The highest BCUT2D eigenvalue weighted by molar-refractivity contribution is 7.99. The van der Waals surface area contributed by atoms with E-state index in [0.717, 1.165) is 5.75 Å². The fourth-order valence-corrected chi connectivity index (χ4v) is 3.71. The number of amides is 2. The van der Waals surface area contributed by atoms with Gasteiger partial charge in [0.15, 0.2) is 6.61 Å². The number of rotatable bonds is 7. The molecule has 0 unspecified atom stereocenters. The van der Waals surface area contributed by atoms with E-state index in [4.69, 9.17) is 9.47 Å². The van der Waals surface area contributed by atoms with Crippen LogP contribution in [0.2, 0.25) is 0 Å². The Morgan fingerprint density at radius 1 is 1.21 bits per heavy atom. The van der Waals surface area contributed by atoms with Crippen molar-refractivity contribution in [2.45, 2.75) is 19.9 Å². The second-order valence-corrected chi connectivity index (χ2v) is 6.35. The molecule has 0 saturated carbocycles. The monoisotopic (exact) mass is 352 g/mol. The number of likely N-dealkylation sites (N-methyl/N-ethyl adjacent to an activating group) is 1. The molecule has 0 bridgehead atoms. The third kappa shape index (κ3) is 4.35. The zero-order valence-corrected chi connectivity index (χ0v) is 15.2. The number of ether oxygens (including phenoxy) is 2. The lowest BCUT2D eigenvalue weighted by Gasteiger charge is -2.28. The Morgan fingerprint density at radius 2 is 1.83 bits per heavy atom. The molecule has 2 amide bonds. The molecular weight excluding hydrogens is 328 g/mol. The summed E-state index contributed by atoms with van der Waals surface area (Å²) in [6.07, 6.45) is 0. The van der Waals surface area contributed by atoms with Crippen LogP contribution in [0.25, 0.3) is 0 Å². The first-order chi connectivity index (χ1) is 11.6. The maximum Gasteiger partial charge on any atom is 0.261 e. The predicted octanol–water partition coefficient (Wildman–Crippen LogP) is 1.84. The molecule has 0 radical (unpaired) electrons. The molecule has 1 aliphatic heterocycles. The number of carbonyl (C=O) groups is 2. The summed E-state index contributed by atoms with van der Waals surface area (Å²) in [5.74, 6) is 2.35. The van der Waals surface area contributed by atoms with E-state index in [2.05, 4.69) is 0 Å². The van der Waals surface area contributed by atoms with Crippen molar-refractivity contribution in [3.05, 3.63) is 24.3 Å². The third-order valence-corrected chi connectivity index (χ3v) is 5.00. The van der Waals surface area contributed by atoms with Gasteiger partial charge in [0.25, 0.3) is 5.91 Å². The minimum atomic E-state index is -0.387. The van der Waals surface area contributed by atoms with Crippen LogP contribution in [0.4, 0.5) is 0 Å². The van der Waals surface area contributed by atoms with Crippen LogP contribution in [-0.2, 0) is 9.59 Å². The average Bonchev–Trinajstić information content (AvgIpc) is 3.11. The van der Waals surface area contributed by atoms with Gasteiger partial charge >= 0.3 is 0 Å². The Hall–Kier alpha value is -1.89. The molecule has 0 N–H and O–H groups in total. The second-order valence-electron chi connectivity index (χ2n) is 5.35. The molecule has 0 aromatic heterocycles. The van der Waals surface area contributed by atoms with E-state index in [0.29, 0.717) is 30.5 Å². The fraction of sp³-hybridized carbons (Fsp3) is 0.529. The van der Waals surface area contributed by atoms with Crippen molar-refractivity contribution in [1.82, 2.24) is 9.80 Å². The third-order valence-electron chi connectivity index (χ3n) is 3.98. The summed E-state index contributed by atoms with van der Waals surface area (Å²) in [6, 6.07) is 6.67. The fourth-order valence-electron chi connectivity index (χ4n) is 2.54. The zero-order valence-electron chi connectivity index (χ0n) is 14.4. The summed E-state index contributed by atoms with van der Waals surface area (Å²) in [4.78, 5) is 28.4. The Bertz CT molecular complexity index is 560. The maximum absolute atomic E-state index is 12.5. The van der Waals surface area contributed by atoms with Crippen LogP contribution in [0.1, 0.15) is 13.8 Å². The van der Waals surface area contributed by atoms with Gasteiger partial charge in [-0.25, -0.2) is 0 Å². The first kappa shape index (κ1) is 18.4. The van der Waals surface area contributed by atoms with Crippen LogP contribution in [-0.4, -0.2) is 66.1 Å². The Kier molecular flexibility index (Phi) is 6.78. The van der Waals surface area contributed by atoms with Crippen molar-refractivity contribution >= 4 is 23.6 Å². The van der Waals surface area contributed by atoms with Gasteiger partial charge in [0.2, 0.25) is 5.91 Å². The van der Waals surface area contributed by atoms with Gasteiger partial charge < -0.3 is 19.3 Å². The Morgan fingerprint density at radius 3 is 2.42 bits per heavy atom. The van der Waals surface area contributed by atoms with Gasteiger partial charge in [0, 0.05) is 18.8 Å². The largest absolute Gasteiger partial charge is 0.497 e. The Balaban J connectivity index is 1.93. The van der Waals surface area contributed by atoms with Gasteiger partial charge in [-0.05, 0) is 38.1 Å². The molecule has 24 heavy (non-hydrogen) atoms. The quantitative estimate of drug-likeness (QED) is 0.749. The van der Waals surface area contributed by atoms with Gasteiger partial charge in [0.05, 0.1) is 13.0 Å². The summed E-state index contributed by atoms with van der Waals surface area (Å²) in [5, 5.41) is 0. The summed E-state index contributed by atoms with van der Waals surface area (Å²) in [7, 11) is 1.59. The minimum Gasteiger partial charge on any atom is -0.497 e. The molecule has 6 nitrogen and oxygen atoms in total. The first-order valence-electron chi connectivity index (χ1n) is 8.03. The van der Waals surface area contributed by atoms with Crippen LogP contribution in [0.15, 0.2) is 24.3 Å². The lowest BCUT2D eigenvalue weighted by Crippen LogP contribution is -2.50. The second kappa shape index (κ2) is 8.82. The highest BCUT2D eigenvalue weighted by Crippen LogP contribution is 2.23. The van der Waals surface area contributed by atoms with Crippen molar-refractivity contribution in [3.63, 3.8) is 0 Å². The van der Waals surface area contributed by atoms with Crippen LogP contribution in [0.5, 0.6) is 11.5 Å². The maximum atomic E-state index is 12.5. The van der Waals surface area contributed by atoms with E-state index in [1.165, 1.54) is 0 Å². The van der Waals surface area contributed by atoms with E-state index in [1.54, 1.807) is 52.9 Å². The van der Waals surface area contributed by atoms with Crippen molar-refractivity contribution < 1.29 is 19.1 Å². The van der Waals surface area contributed by atoms with E-state index in [-0.39, 0.29) is 24.5 Å². The van der Waals surface area contributed by atoms with Gasteiger partial charge in [-0.15, -0.1) is 11.8 Å². The number of methoxy groups -OCH3 is 1. The van der Waals surface area contributed by atoms with Gasteiger partial charge in [0.1, 0.15) is 17.5 Å². The summed E-state index contributed by atoms with van der Waals surface area (Å²) in [5.41, 5.74) is 0. The number of benzene rings is 1. The molecule has 1 aromatic rings. The predicted molar refractivity (Wildman–Crippen MR) is 94.4 cm³/mol. The van der Waals surface area contributed by atoms with E-state index in [9.17, 15) is 9.59 Å². The Labute approximate surface area is 147 Å². The molecular formula is C17H24N2O4S. The highest BCUT2D eigenvalue weighted by atomic mass is 32.2. The molecule has 1 heterocycles. The number of hydrogen-bond donors (Lipinski definition) is 0. The average molecular weight is 352 g/mol. The topological polar surface area (TPSA) is 59.1 Å². The van der Waals surface area contributed by atoms with Crippen molar-refractivity contribution in [2.24, 2.45) is 0 Å². The first-order valence-corrected chi connectivity index (χ1v) is 9.19. The van der Waals surface area contributed by atoms with Gasteiger partial charge in [-0.1, -0.05) is 0 Å². The van der Waals surface area contributed by atoms with Gasteiger partial charge in [-0.2, -0.15) is 0 Å². The molecule has 1 saturated heterocycles. The van der Waals surface area contributed by atoms with Crippen LogP contribution < -0.4 is 9.47 Å². The number of carbonyl (C=O) groups excluding carboxylic acids is 2. The molecule has 1 aromatic carbocycles. The molecule has 1 fully saturated rings. The SMILES string of the molecule is CCN(CC)C(=O)[C@@H]1CSCN1C(=O)COc1ccc(OC)cc1. The van der Waals surface area contributed by atoms with Crippen LogP contribution in [0, 0.1) is 0 Å². The summed E-state index contributed by atoms with van der Waals surface area (Å²) < 4.78 is 10.6. The van der Waals surface area contributed by atoms with Crippen LogP contribution in [0.3, 0.4) is 0 Å². The van der Waals surface area contributed by atoms with E-state index < -0.39 is 0 Å². The highest BCUT2D eigenvalue weighted by Gasteiger charge is 2.36. The molecule has 0 aliphatic carbocycles. The van der Waals surface area contributed by atoms with Gasteiger partial charge in [-0.3, -0.25) is 9.59 Å². The molecule has 1 aliphatic rings. The summed E-state index contributed by atoms with van der Waals surface area (Å²) in [6.45, 7) is 5.13. The van der Waals surface area contributed by atoms with Crippen molar-refractivity contribution in [3.8, 4) is 11.5 Å². The van der Waals surface area contributed by atoms with Crippen LogP contribution >= 0.6 is 11.8 Å². The van der Waals surface area contributed by atoms with E-state index >= 15 is 0 Å². The molecule has 0 spiro atoms. The molecule has 2 rings (SSSR count). The molecule has 7 heteroatoms. The number of thioether (sulfide) groups is 1. The van der Waals surface area contributed by atoms with Crippen molar-refractivity contribution in [1.29, 1.82) is 0 Å². The normalized spacial score (nSPS) is 16.8. The van der Waals surface area contributed by atoms with E-state index in [1.807, 2.05) is 13.8 Å². The smallest absolute Gasteiger partial charge is 0.261 e. The standard InChI is InChI=1S/C17H24N2O4S/c1-4-18(5-2)17(21)15-11-24-12-19(15)16(20)10-23-14-8-6-13(22-3)7-9-14/h6-9,15H,4-5,10-12H2,1-3H3/t15-/m0/s1. The number of nitrogens with zero attached hydrogens (tertiary/aromatic N) is 2.